The summed E-state index contributed by atoms with van der Waals surface area (Å²) >= 11 is 1.43. The Balaban J connectivity index is 2.26. The number of hydrogen-bond acceptors (Lipinski definition) is 4. The normalized spacial score (nSPS) is 9.86. The molecule has 5 heteroatoms. The van der Waals surface area contributed by atoms with Gasteiger partial charge in [-0.2, -0.15) is 0 Å². The molecule has 1 heterocycles. The summed E-state index contributed by atoms with van der Waals surface area (Å²) in [7, 11) is 0. The zero-order valence-electron chi connectivity index (χ0n) is 11.9. The molecule has 0 aliphatic heterocycles. The van der Waals surface area contributed by atoms with E-state index in [-0.39, 0.29) is 12.5 Å². The van der Waals surface area contributed by atoms with Crippen LogP contribution in [0.3, 0.4) is 0 Å². The fourth-order valence-corrected chi connectivity index (χ4v) is 2.41. The Labute approximate surface area is 127 Å². The molecular formula is C16H16N2O2S. The van der Waals surface area contributed by atoms with Crippen molar-refractivity contribution in [1.29, 1.82) is 0 Å². The molecule has 2 aromatic rings. The molecule has 0 fully saturated rings. The van der Waals surface area contributed by atoms with Gasteiger partial charge in [-0.25, -0.2) is 4.98 Å². The van der Waals surface area contributed by atoms with Crippen molar-refractivity contribution >= 4 is 22.4 Å². The number of amides is 1. The van der Waals surface area contributed by atoms with Gasteiger partial charge in [0.15, 0.2) is 5.13 Å². The summed E-state index contributed by atoms with van der Waals surface area (Å²) in [5.74, 6) is 5.55. The van der Waals surface area contributed by atoms with Gasteiger partial charge in [0, 0.05) is 23.1 Å². The van der Waals surface area contributed by atoms with E-state index in [9.17, 15) is 4.79 Å². The highest BCUT2D eigenvalue weighted by Gasteiger charge is 2.12. The maximum Gasteiger partial charge on any atom is 0.258 e. The predicted molar refractivity (Wildman–Crippen MR) is 84.6 cm³/mol. The molecule has 108 valence electrons. The van der Waals surface area contributed by atoms with Crippen LogP contribution in [0.15, 0.2) is 24.4 Å². The van der Waals surface area contributed by atoms with Crippen molar-refractivity contribution in [3.8, 4) is 11.8 Å². The monoisotopic (exact) mass is 300 g/mol. The minimum Gasteiger partial charge on any atom is -0.395 e. The molecule has 2 rings (SSSR count). The molecular weight excluding hydrogens is 284 g/mol. The average Bonchev–Trinajstić information content (AvgIpc) is 2.86. The molecule has 2 N–H and O–H groups in total. The lowest BCUT2D eigenvalue weighted by atomic mass is 10.0. The molecule has 1 aromatic carbocycles. The van der Waals surface area contributed by atoms with E-state index in [1.54, 1.807) is 12.3 Å². The number of carbonyl (C=O) groups is 1. The van der Waals surface area contributed by atoms with Gasteiger partial charge < -0.3 is 5.11 Å². The van der Waals surface area contributed by atoms with Crippen molar-refractivity contribution in [3.63, 3.8) is 0 Å². The molecule has 0 bridgehead atoms. The molecule has 0 spiro atoms. The summed E-state index contributed by atoms with van der Waals surface area (Å²) in [5.41, 5.74) is 2.16. The van der Waals surface area contributed by atoms with Gasteiger partial charge in [-0.05, 0) is 26.0 Å². The molecule has 0 saturated heterocycles. The van der Waals surface area contributed by atoms with Crippen LogP contribution in [0.25, 0.3) is 0 Å². The molecule has 0 aliphatic carbocycles. The highest BCUT2D eigenvalue weighted by molar-refractivity contribution is 7.15. The number of rotatable bonds is 3. The molecule has 21 heavy (non-hydrogen) atoms. The third-order valence-corrected chi connectivity index (χ3v) is 3.55. The zero-order chi connectivity index (χ0) is 15.2. The molecule has 0 saturated carbocycles. The van der Waals surface area contributed by atoms with Crippen LogP contribution in [-0.4, -0.2) is 22.6 Å². The van der Waals surface area contributed by atoms with Crippen molar-refractivity contribution in [2.24, 2.45) is 0 Å². The number of aromatic nitrogens is 1. The van der Waals surface area contributed by atoms with E-state index < -0.39 is 0 Å². The van der Waals surface area contributed by atoms with Crippen molar-refractivity contribution in [1.82, 2.24) is 4.98 Å². The first-order chi connectivity index (χ1) is 10.1. The standard InChI is InChI=1S/C16H16N2O2S/c1-11-6-7-13(5-3-4-8-19)14(9-11)15(20)18-16-17-10-12(2)21-16/h6-7,9-10,19H,4,8H2,1-2H3,(H,17,18,20). The van der Waals surface area contributed by atoms with Gasteiger partial charge in [0.25, 0.3) is 5.91 Å². The Morgan fingerprint density at radius 2 is 2.24 bits per heavy atom. The first-order valence-corrected chi connectivity index (χ1v) is 7.36. The summed E-state index contributed by atoms with van der Waals surface area (Å²) in [6, 6.07) is 5.54. The number of aryl methyl sites for hydroxylation is 2. The number of aliphatic hydroxyl groups excluding tert-OH is 1. The highest BCUT2D eigenvalue weighted by Crippen LogP contribution is 2.19. The summed E-state index contributed by atoms with van der Waals surface area (Å²) < 4.78 is 0. The number of nitrogens with zero attached hydrogens (tertiary/aromatic N) is 1. The minimum atomic E-state index is -0.221. The van der Waals surface area contributed by atoms with Crippen LogP contribution in [0.4, 0.5) is 5.13 Å². The lowest BCUT2D eigenvalue weighted by Gasteiger charge is -2.06. The van der Waals surface area contributed by atoms with Crippen molar-refractivity contribution in [2.45, 2.75) is 20.3 Å². The van der Waals surface area contributed by atoms with Crippen LogP contribution in [0.5, 0.6) is 0 Å². The summed E-state index contributed by atoms with van der Waals surface area (Å²) in [6.07, 6.45) is 2.11. The van der Waals surface area contributed by atoms with E-state index >= 15 is 0 Å². The third-order valence-electron chi connectivity index (χ3n) is 2.72. The molecule has 0 radical (unpaired) electrons. The van der Waals surface area contributed by atoms with E-state index in [4.69, 9.17) is 5.11 Å². The fraction of sp³-hybridized carbons (Fsp3) is 0.250. The van der Waals surface area contributed by atoms with Gasteiger partial charge in [0.1, 0.15) is 0 Å². The van der Waals surface area contributed by atoms with E-state index in [1.807, 2.05) is 26.0 Å². The maximum absolute atomic E-state index is 12.4. The van der Waals surface area contributed by atoms with E-state index in [2.05, 4.69) is 22.1 Å². The molecule has 1 aromatic heterocycles. The quantitative estimate of drug-likeness (QED) is 0.857. The third kappa shape index (κ3) is 4.15. The molecule has 0 aliphatic rings. The Bertz CT molecular complexity index is 711. The second-order valence-corrected chi connectivity index (χ2v) is 5.79. The van der Waals surface area contributed by atoms with Crippen molar-refractivity contribution in [2.75, 3.05) is 11.9 Å². The van der Waals surface area contributed by atoms with Gasteiger partial charge in [-0.15, -0.1) is 11.3 Å². The number of benzene rings is 1. The van der Waals surface area contributed by atoms with Crippen LogP contribution < -0.4 is 5.32 Å². The maximum atomic E-state index is 12.4. The van der Waals surface area contributed by atoms with E-state index in [0.29, 0.717) is 22.7 Å². The fourth-order valence-electron chi connectivity index (χ4n) is 1.75. The number of hydrogen-bond donors (Lipinski definition) is 2. The first kappa shape index (κ1) is 15.2. The van der Waals surface area contributed by atoms with Gasteiger partial charge in [0.05, 0.1) is 12.2 Å². The number of thiazole rings is 1. The average molecular weight is 300 g/mol. The van der Waals surface area contributed by atoms with Crippen LogP contribution in [-0.2, 0) is 0 Å². The number of nitrogens with one attached hydrogen (secondary N) is 1. The first-order valence-electron chi connectivity index (χ1n) is 6.54. The Kier molecular flexibility index (Phi) is 5.09. The van der Waals surface area contributed by atoms with Gasteiger partial charge in [-0.3, -0.25) is 10.1 Å². The summed E-state index contributed by atoms with van der Waals surface area (Å²) in [6.45, 7) is 3.87. The number of carbonyl (C=O) groups excluding carboxylic acids is 1. The molecule has 0 unspecified atom stereocenters. The highest BCUT2D eigenvalue weighted by atomic mass is 32.1. The molecule has 4 nitrogen and oxygen atoms in total. The van der Waals surface area contributed by atoms with Gasteiger partial charge in [0.2, 0.25) is 0 Å². The Morgan fingerprint density at radius 1 is 1.43 bits per heavy atom. The van der Waals surface area contributed by atoms with Crippen LogP contribution in [0, 0.1) is 25.7 Å². The van der Waals surface area contributed by atoms with Crippen molar-refractivity contribution in [3.05, 3.63) is 46.0 Å². The van der Waals surface area contributed by atoms with Crippen LogP contribution in [0.2, 0.25) is 0 Å². The van der Waals surface area contributed by atoms with Gasteiger partial charge >= 0.3 is 0 Å². The minimum absolute atomic E-state index is 0.0127. The Hall–Kier alpha value is -2.16. The molecule has 1 amide bonds. The second-order valence-electron chi connectivity index (χ2n) is 4.55. The summed E-state index contributed by atoms with van der Waals surface area (Å²) in [4.78, 5) is 17.5. The van der Waals surface area contributed by atoms with Crippen LogP contribution >= 0.6 is 11.3 Å². The molecule has 0 atom stereocenters. The van der Waals surface area contributed by atoms with E-state index in [0.717, 1.165) is 10.4 Å². The Morgan fingerprint density at radius 3 is 2.90 bits per heavy atom. The SMILES string of the molecule is Cc1ccc(C#CCCO)c(C(=O)Nc2ncc(C)s2)c1. The lowest BCUT2D eigenvalue weighted by Crippen LogP contribution is -2.13. The lowest BCUT2D eigenvalue weighted by molar-refractivity contribution is 0.102. The van der Waals surface area contributed by atoms with Gasteiger partial charge in [-0.1, -0.05) is 23.5 Å². The largest absolute Gasteiger partial charge is 0.395 e. The van der Waals surface area contributed by atoms with Crippen LogP contribution in [0.1, 0.15) is 32.8 Å². The second kappa shape index (κ2) is 7.02. The smallest absolute Gasteiger partial charge is 0.258 e. The topological polar surface area (TPSA) is 62.2 Å². The van der Waals surface area contributed by atoms with E-state index in [1.165, 1.54) is 11.3 Å². The summed E-state index contributed by atoms with van der Waals surface area (Å²) in [5, 5.41) is 12.1. The zero-order valence-corrected chi connectivity index (χ0v) is 12.8. The van der Waals surface area contributed by atoms with Crippen molar-refractivity contribution < 1.29 is 9.90 Å². The number of anilines is 1. The number of aliphatic hydroxyl groups is 1. The predicted octanol–water partition coefficient (Wildman–Crippen LogP) is 2.75.